The first-order valence-electron chi connectivity index (χ1n) is 14.8. The second-order valence-corrected chi connectivity index (χ2v) is 8.92. The van der Waals surface area contributed by atoms with Gasteiger partial charge in [0.25, 0.3) is 0 Å². The van der Waals surface area contributed by atoms with Crippen LogP contribution >= 0.6 is 0 Å². The number of unbranched alkanes of at least 4 members (excludes halogenated alkanes) is 1. The van der Waals surface area contributed by atoms with Crippen molar-refractivity contribution < 1.29 is 57.3 Å². The molecule has 0 spiro atoms. The summed E-state index contributed by atoms with van der Waals surface area (Å²) >= 11 is 0. The van der Waals surface area contributed by atoms with Gasteiger partial charge in [-0.25, -0.2) is 0 Å². The summed E-state index contributed by atoms with van der Waals surface area (Å²) in [6.45, 7) is 14.2. The van der Waals surface area contributed by atoms with Crippen molar-refractivity contribution in [2.24, 2.45) is 0 Å². The molecule has 0 fully saturated rings. The molecule has 0 aliphatic rings. The van der Waals surface area contributed by atoms with Crippen molar-refractivity contribution in [3.05, 3.63) is 0 Å². The smallest absolute Gasteiger partial charge is 0.305 e. The first-order valence-corrected chi connectivity index (χ1v) is 14.8. The maximum atomic E-state index is 10.3. The van der Waals surface area contributed by atoms with Crippen LogP contribution in [-0.4, -0.2) is 168 Å². The van der Waals surface area contributed by atoms with Crippen molar-refractivity contribution in [2.45, 2.75) is 26.2 Å². The number of likely N-dealkylation sites (N-methyl/N-ethyl adjacent to an activating group) is 1. The highest BCUT2D eigenvalue weighted by atomic mass is 16.6. The molecule has 1 N–H and O–H groups in total. The summed E-state index contributed by atoms with van der Waals surface area (Å²) in [5, 5.41) is 8.48. The van der Waals surface area contributed by atoms with Crippen molar-refractivity contribution in [2.75, 3.05) is 152 Å². The molecule has 0 saturated carbocycles. The molecule has 0 rings (SSSR count). The molecule has 13 heteroatoms. The largest absolute Gasteiger partial charge is 0.481 e. The van der Waals surface area contributed by atoms with E-state index in [0.29, 0.717) is 119 Å². The number of hydrogen-bond acceptors (Lipinski definition) is 12. The molecular formula is C28H57NO12. The molecule has 0 aromatic heterocycles. The van der Waals surface area contributed by atoms with Crippen molar-refractivity contribution in [3.8, 4) is 0 Å². The van der Waals surface area contributed by atoms with E-state index in [2.05, 4.69) is 18.9 Å². The number of aliphatic carboxylic acids is 1. The summed E-state index contributed by atoms with van der Waals surface area (Å²) in [7, 11) is 2.12. The lowest BCUT2D eigenvalue weighted by Gasteiger charge is -2.15. The number of carbonyl (C=O) groups is 1. The Morgan fingerprint density at radius 1 is 0.463 bits per heavy atom. The second-order valence-electron chi connectivity index (χ2n) is 8.92. The molecule has 13 nitrogen and oxygen atoms in total. The number of nitrogens with zero attached hydrogens (tertiary/aromatic N) is 1. The van der Waals surface area contributed by atoms with Gasteiger partial charge in [0.05, 0.1) is 139 Å². The summed E-state index contributed by atoms with van der Waals surface area (Å²) in [4.78, 5) is 12.6. The van der Waals surface area contributed by atoms with Gasteiger partial charge in [0.2, 0.25) is 0 Å². The van der Waals surface area contributed by atoms with E-state index in [1.165, 1.54) is 12.8 Å². The molecule has 0 heterocycles. The second kappa shape index (κ2) is 35.2. The van der Waals surface area contributed by atoms with Crippen LogP contribution in [0.3, 0.4) is 0 Å². The minimum Gasteiger partial charge on any atom is -0.481 e. The van der Waals surface area contributed by atoms with E-state index < -0.39 is 5.97 Å². The summed E-state index contributed by atoms with van der Waals surface area (Å²) in [6, 6.07) is 0. The monoisotopic (exact) mass is 599 g/mol. The van der Waals surface area contributed by atoms with Crippen molar-refractivity contribution in [1.29, 1.82) is 0 Å². The summed E-state index contributed by atoms with van der Waals surface area (Å²) in [5.74, 6) is -0.871. The summed E-state index contributed by atoms with van der Waals surface area (Å²) < 4.78 is 54.2. The van der Waals surface area contributed by atoms with E-state index in [1.807, 2.05) is 0 Å². The van der Waals surface area contributed by atoms with Crippen LogP contribution in [0.5, 0.6) is 0 Å². The number of ether oxygens (including phenoxy) is 10. The fourth-order valence-corrected chi connectivity index (χ4v) is 3.00. The molecular weight excluding hydrogens is 542 g/mol. The number of rotatable bonds is 36. The first-order chi connectivity index (χ1) is 20.2. The number of hydrogen-bond donors (Lipinski definition) is 1. The van der Waals surface area contributed by atoms with Gasteiger partial charge < -0.3 is 57.4 Å². The van der Waals surface area contributed by atoms with Gasteiger partial charge in [0.1, 0.15) is 0 Å². The van der Waals surface area contributed by atoms with E-state index in [4.69, 9.17) is 52.5 Å². The van der Waals surface area contributed by atoms with Gasteiger partial charge in [0, 0.05) is 6.54 Å². The molecule has 0 aliphatic carbocycles. The molecule has 0 saturated heterocycles. The minimum absolute atomic E-state index is 0.00157. The van der Waals surface area contributed by atoms with Crippen LogP contribution in [-0.2, 0) is 52.2 Å². The van der Waals surface area contributed by atoms with Gasteiger partial charge in [-0.1, -0.05) is 13.3 Å². The Morgan fingerprint density at radius 3 is 1.00 bits per heavy atom. The third-order valence-corrected chi connectivity index (χ3v) is 5.32. The number of carboxylic acids is 1. The van der Waals surface area contributed by atoms with Crippen LogP contribution in [0.1, 0.15) is 26.2 Å². The first kappa shape index (κ1) is 40.0. The lowest BCUT2D eigenvalue weighted by molar-refractivity contribution is -0.138. The maximum Gasteiger partial charge on any atom is 0.305 e. The topological polar surface area (TPSA) is 133 Å². The van der Waals surface area contributed by atoms with E-state index in [0.717, 1.165) is 19.7 Å². The lowest BCUT2D eigenvalue weighted by Crippen LogP contribution is -2.24. The van der Waals surface area contributed by atoms with Gasteiger partial charge in [0.15, 0.2) is 0 Å². The molecule has 0 aromatic rings. The van der Waals surface area contributed by atoms with E-state index in [-0.39, 0.29) is 13.0 Å². The van der Waals surface area contributed by atoms with Gasteiger partial charge in [-0.05, 0) is 20.0 Å². The molecule has 0 bridgehead atoms. The Balaban J connectivity index is 3.06. The third kappa shape index (κ3) is 37.0. The SMILES string of the molecule is CCCCN(C)CCOCCOCCOCCOCCOCCOCCOCCOCCOCCOCCC(=O)O. The molecule has 0 atom stereocenters. The van der Waals surface area contributed by atoms with Crippen LogP contribution in [0.2, 0.25) is 0 Å². The standard InChI is InChI=1S/C28H57NO12/c1-3-4-6-29(2)7-9-33-11-13-35-15-17-37-19-21-39-23-25-41-27-26-40-24-22-38-20-18-36-16-14-34-12-10-32-8-5-28(30)31/h3-27H2,1-2H3,(H,30,31). The minimum atomic E-state index is -0.871. The predicted molar refractivity (Wildman–Crippen MR) is 153 cm³/mol. The highest BCUT2D eigenvalue weighted by molar-refractivity contribution is 5.66. The molecule has 0 aliphatic heterocycles. The van der Waals surface area contributed by atoms with Crippen LogP contribution in [0.4, 0.5) is 0 Å². The van der Waals surface area contributed by atoms with Crippen LogP contribution in [0.15, 0.2) is 0 Å². The van der Waals surface area contributed by atoms with Gasteiger partial charge >= 0.3 is 5.97 Å². The Bertz CT molecular complexity index is 518. The van der Waals surface area contributed by atoms with E-state index in [9.17, 15) is 4.79 Å². The average molecular weight is 600 g/mol. The average Bonchev–Trinajstić information content (AvgIpc) is 2.96. The fraction of sp³-hybridized carbons (Fsp3) is 0.964. The molecule has 0 amide bonds. The molecule has 0 aromatic carbocycles. The summed E-state index contributed by atoms with van der Waals surface area (Å²) in [6.07, 6.45) is 2.44. The highest BCUT2D eigenvalue weighted by Gasteiger charge is 1.99. The summed E-state index contributed by atoms with van der Waals surface area (Å²) in [5.41, 5.74) is 0. The van der Waals surface area contributed by atoms with Crippen LogP contribution < -0.4 is 0 Å². The van der Waals surface area contributed by atoms with Crippen molar-refractivity contribution in [3.63, 3.8) is 0 Å². The quantitative estimate of drug-likeness (QED) is 0.104. The molecule has 246 valence electrons. The zero-order valence-electron chi connectivity index (χ0n) is 25.6. The Kier molecular flexibility index (Phi) is 34.4. The molecule has 0 unspecified atom stereocenters. The van der Waals surface area contributed by atoms with Gasteiger partial charge in [-0.3, -0.25) is 4.79 Å². The highest BCUT2D eigenvalue weighted by Crippen LogP contribution is 1.92. The van der Waals surface area contributed by atoms with Crippen LogP contribution in [0.25, 0.3) is 0 Å². The van der Waals surface area contributed by atoms with Crippen LogP contribution in [0, 0.1) is 0 Å². The van der Waals surface area contributed by atoms with Gasteiger partial charge in [-0.2, -0.15) is 0 Å². The van der Waals surface area contributed by atoms with Gasteiger partial charge in [-0.15, -0.1) is 0 Å². The number of carboxylic acid groups (broad SMARTS) is 1. The zero-order valence-corrected chi connectivity index (χ0v) is 25.6. The van der Waals surface area contributed by atoms with Crippen molar-refractivity contribution in [1.82, 2.24) is 4.90 Å². The third-order valence-electron chi connectivity index (χ3n) is 5.32. The lowest BCUT2D eigenvalue weighted by atomic mass is 10.3. The maximum absolute atomic E-state index is 10.3. The predicted octanol–water partition coefficient (Wildman–Crippen LogP) is 1.36. The Labute approximate surface area is 246 Å². The van der Waals surface area contributed by atoms with Crippen molar-refractivity contribution >= 4 is 5.97 Å². The van der Waals surface area contributed by atoms with E-state index >= 15 is 0 Å². The fourth-order valence-electron chi connectivity index (χ4n) is 3.00. The Morgan fingerprint density at radius 2 is 0.732 bits per heavy atom. The normalized spacial score (nSPS) is 11.6. The Hall–Kier alpha value is -0.970. The molecule has 41 heavy (non-hydrogen) atoms. The molecule has 0 radical (unpaired) electrons. The zero-order chi connectivity index (χ0) is 29.9. The van der Waals surface area contributed by atoms with E-state index in [1.54, 1.807) is 0 Å².